The van der Waals surface area contributed by atoms with E-state index in [0.717, 1.165) is 42.8 Å². The highest BCUT2D eigenvalue weighted by molar-refractivity contribution is 5.99. The number of anilines is 1. The van der Waals surface area contributed by atoms with Crippen molar-refractivity contribution in [1.29, 1.82) is 0 Å². The normalized spacial score (nSPS) is 14.5. The van der Waals surface area contributed by atoms with Gasteiger partial charge in [0.2, 0.25) is 0 Å². The van der Waals surface area contributed by atoms with Crippen LogP contribution in [0.4, 0.5) is 5.69 Å². The molecule has 4 rings (SSSR count). The van der Waals surface area contributed by atoms with Gasteiger partial charge in [0.15, 0.2) is 0 Å². The van der Waals surface area contributed by atoms with Crippen molar-refractivity contribution in [2.45, 2.75) is 6.92 Å². The lowest BCUT2D eigenvalue weighted by Gasteiger charge is -2.28. The summed E-state index contributed by atoms with van der Waals surface area (Å²) < 4.78 is 5.38. The zero-order valence-corrected chi connectivity index (χ0v) is 15.8. The standard InChI is InChI=1S/C22H22N4O2/c1-16-20(14-18-4-2-3-5-21(18)24-16)22(27)25-23-15-17-6-8-19(9-7-17)26-10-12-28-13-11-26/h2-9,14-15H,10-13H2,1H3,(H,25,27)/b23-15+. The molecule has 1 fully saturated rings. The molecule has 142 valence electrons. The molecule has 1 aliphatic rings. The minimum absolute atomic E-state index is 0.267. The summed E-state index contributed by atoms with van der Waals surface area (Å²) in [6, 6.07) is 17.7. The second-order valence-electron chi connectivity index (χ2n) is 6.70. The molecule has 1 aromatic heterocycles. The van der Waals surface area contributed by atoms with Crippen LogP contribution in [0, 0.1) is 6.92 Å². The van der Waals surface area contributed by atoms with Crippen molar-refractivity contribution in [3.05, 3.63) is 71.4 Å². The fraction of sp³-hybridized carbons (Fsp3) is 0.227. The van der Waals surface area contributed by atoms with Gasteiger partial charge in [0, 0.05) is 24.2 Å². The molecule has 0 bridgehead atoms. The van der Waals surface area contributed by atoms with Crippen LogP contribution in [-0.4, -0.2) is 43.4 Å². The summed E-state index contributed by atoms with van der Waals surface area (Å²) in [5.41, 5.74) is 6.77. The van der Waals surface area contributed by atoms with Crippen molar-refractivity contribution in [1.82, 2.24) is 10.4 Å². The van der Waals surface area contributed by atoms with E-state index in [1.165, 1.54) is 5.69 Å². The van der Waals surface area contributed by atoms with Gasteiger partial charge < -0.3 is 9.64 Å². The van der Waals surface area contributed by atoms with Gasteiger partial charge in [-0.25, -0.2) is 5.43 Å². The van der Waals surface area contributed by atoms with E-state index in [0.29, 0.717) is 11.3 Å². The first-order valence-corrected chi connectivity index (χ1v) is 9.33. The van der Waals surface area contributed by atoms with Crippen LogP contribution in [0.1, 0.15) is 21.6 Å². The third kappa shape index (κ3) is 4.02. The van der Waals surface area contributed by atoms with E-state index >= 15 is 0 Å². The number of aryl methyl sites for hydroxylation is 1. The molecule has 1 saturated heterocycles. The molecule has 0 atom stereocenters. The number of morpholine rings is 1. The Morgan fingerprint density at radius 2 is 1.89 bits per heavy atom. The fourth-order valence-corrected chi connectivity index (χ4v) is 3.26. The molecule has 2 aromatic carbocycles. The molecule has 2 heterocycles. The van der Waals surface area contributed by atoms with E-state index in [-0.39, 0.29) is 5.91 Å². The second kappa shape index (κ2) is 8.19. The number of ether oxygens (including phenoxy) is 1. The van der Waals surface area contributed by atoms with Crippen LogP contribution in [-0.2, 0) is 4.74 Å². The number of rotatable bonds is 4. The molecule has 6 nitrogen and oxygen atoms in total. The van der Waals surface area contributed by atoms with E-state index in [1.807, 2.05) is 49.4 Å². The third-order valence-corrected chi connectivity index (χ3v) is 4.81. The zero-order valence-electron chi connectivity index (χ0n) is 15.8. The Hall–Kier alpha value is -3.25. The van der Waals surface area contributed by atoms with Crippen LogP contribution in [0.15, 0.2) is 59.7 Å². The Morgan fingerprint density at radius 1 is 1.14 bits per heavy atom. The number of benzene rings is 2. The summed E-state index contributed by atoms with van der Waals surface area (Å²) >= 11 is 0. The van der Waals surface area contributed by atoms with Crippen LogP contribution in [0.2, 0.25) is 0 Å². The Kier molecular flexibility index (Phi) is 5.30. The second-order valence-corrected chi connectivity index (χ2v) is 6.70. The van der Waals surface area contributed by atoms with Crippen molar-refractivity contribution in [3.63, 3.8) is 0 Å². The summed E-state index contributed by atoms with van der Waals surface area (Å²) in [6.07, 6.45) is 1.64. The number of carbonyl (C=O) groups excluding carboxylic acids is 1. The first-order valence-electron chi connectivity index (χ1n) is 9.33. The Bertz CT molecular complexity index is 1010. The van der Waals surface area contributed by atoms with Crippen molar-refractivity contribution in [2.75, 3.05) is 31.2 Å². The monoisotopic (exact) mass is 374 g/mol. The van der Waals surface area contributed by atoms with Crippen molar-refractivity contribution >= 4 is 28.7 Å². The van der Waals surface area contributed by atoms with Gasteiger partial charge in [0.1, 0.15) is 0 Å². The molecule has 0 unspecified atom stereocenters. The van der Waals surface area contributed by atoms with Gasteiger partial charge in [-0.2, -0.15) is 5.10 Å². The molecule has 0 aliphatic carbocycles. The largest absolute Gasteiger partial charge is 0.378 e. The first-order chi connectivity index (χ1) is 13.7. The van der Waals surface area contributed by atoms with Crippen LogP contribution in [0.5, 0.6) is 0 Å². The molecular weight excluding hydrogens is 352 g/mol. The van der Waals surface area contributed by atoms with Crippen LogP contribution < -0.4 is 10.3 Å². The number of amides is 1. The average molecular weight is 374 g/mol. The Labute approximate surface area is 163 Å². The topological polar surface area (TPSA) is 66.8 Å². The molecule has 6 heteroatoms. The molecule has 0 saturated carbocycles. The SMILES string of the molecule is Cc1nc2ccccc2cc1C(=O)N/N=C/c1ccc(N2CCOCC2)cc1. The number of nitrogens with zero attached hydrogens (tertiary/aromatic N) is 3. The molecule has 0 spiro atoms. The summed E-state index contributed by atoms with van der Waals surface area (Å²) in [7, 11) is 0. The van der Waals surface area contributed by atoms with E-state index in [9.17, 15) is 4.79 Å². The van der Waals surface area contributed by atoms with Crippen molar-refractivity contribution in [2.24, 2.45) is 5.10 Å². The number of hydrazone groups is 1. The van der Waals surface area contributed by atoms with Gasteiger partial charge in [-0.15, -0.1) is 0 Å². The van der Waals surface area contributed by atoms with Gasteiger partial charge in [-0.3, -0.25) is 9.78 Å². The Morgan fingerprint density at radius 3 is 2.68 bits per heavy atom. The average Bonchev–Trinajstić information content (AvgIpc) is 2.74. The van der Waals surface area contributed by atoms with E-state index < -0.39 is 0 Å². The van der Waals surface area contributed by atoms with Gasteiger partial charge in [0.25, 0.3) is 5.91 Å². The smallest absolute Gasteiger partial charge is 0.273 e. The third-order valence-electron chi connectivity index (χ3n) is 4.81. The lowest BCUT2D eigenvalue weighted by molar-refractivity contribution is 0.0954. The van der Waals surface area contributed by atoms with Crippen LogP contribution in [0.25, 0.3) is 10.9 Å². The van der Waals surface area contributed by atoms with E-state index in [1.54, 1.807) is 6.21 Å². The Balaban J connectivity index is 1.41. The minimum Gasteiger partial charge on any atom is -0.378 e. The summed E-state index contributed by atoms with van der Waals surface area (Å²) in [4.78, 5) is 19.3. The van der Waals surface area contributed by atoms with Crippen LogP contribution in [0.3, 0.4) is 0 Å². The van der Waals surface area contributed by atoms with E-state index in [4.69, 9.17) is 4.74 Å². The molecular formula is C22H22N4O2. The van der Waals surface area contributed by atoms with Gasteiger partial charge in [0.05, 0.1) is 36.2 Å². The lowest BCUT2D eigenvalue weighted by atomic mass is 10.1. The highest BCUT2D eigenvalue weighted by Crippen LogP contribution is 2.17. The molecule has 3 aromatic rings. The predicted octanol–water partition coefficient (Wildman–Crippen LogP) is 3.14. The van der Waals surface area contributed by atoms with Gasteiger partial charge in [-0.1, -0.05) is 30.3 Å². The first kappa shape index (κ1) is 18.1. The predicted molar refractivity (Wildman–Crippen MR) is 111 cm³/mol. The lowest BCUT2D eigenvalue weighted by Crippen LogP contribution is -2.36. The molecule has 0 radical (unpaired) electrons. The summed E-state index contributed by atoms with van der Waals surface area (Å²) in [6.45, 7) is 5.16. The number of aromatic nitrogens is 1. The van der Waals surface area contributed by atoms with Gasteiger partial charge in [-0.05, 0) is 36.8 Å². The van der Waals surface area contributed by atoms with Crippen molar-refractivity contribution < 1.29 is 9.53 Å². The number of fused-ring (bicyclic) bond motifs is 1. The summed E-state index contributed by atoms with van der Waals surface area (Å²) in [5.74, 6) is -0.267. The maximum absolute atomic E-state index is 12.5. The quantitative estimate of drug-likeness (QED) is 0.563. The molecule has 1 amide bonds. The number of hydrogen-bond acceptors (Lipinski definition) is 5. The maximum Gasteiger partial charge on any atom is 0.273 e. The minimum atomic E-state index is -0.267. The number of para-hydroxylation sites is 1. The maximum atomic E-state index is 12.5. The number of pyridine rings is 1. The molecule has 1 aliphatic heterocycles. The zero-order chi connectivity index (χ0) is 19.3. The van der Waals surface area contributed by atoms with E-state index in [2.05, 4.69) is 32.5 Å². The molecule has 28 heavy (non-hydrogen) atoms. The summed E-state index contributed by atoms with van der Waals surface area (Å²) in [5, 5.41) is 5.03. The van der Waals surface area contributed by atoms with Crippen molar-refractivity contribution in [3.8, 4) is 0 Å². The van der Waals surface area contributed by atoms with Crippen LogP contribution >= 0.6 is 0 Å². The highest BCUT2D eigenvalue weighted by Gasteiger charge is 2.12. The number of hydrogen-bond donors (Lipinski definition) is 1. The van der Waals surface area contributed by atoms with Gasteiger partial charge >= 0.3 is 0 Å². The number of carbonyl (C=O) groups is 1. The number of nitrogens with one attached hydrogen (secondary N) is 1. The fourth-order valence-electron chi connectivity index (χ4n) is 3.26. The highest BCUT2D eigenvalue weighted by atomic mass is 16.5. The molecule has 1 N–H and O–H groups in total.